The smallest absolute Gasteiger partial charge is 0.251 e. The number of piperidine rings is 1. The fourth-order valence-electron chi connectivity index (χ4n) is 2.51. The van der Waals surface area contributed by atoms with E-state index >= 15 is 0 Å². The standard InChI is InChI=1S/C17H24N2O3.ClH/c1-4-9-22-15-6-5-13(10-16(15)21-3)17(20)19-14-11-18-8-7-12(14)2;/h4-6,10,12,14,18H,1,7-9,11H2,2-3H3,(H,19,20);1H. The zero-order valence-electron chi connectivity index (χ0n) is 13.6. The molecule has 0 radical (unpaired) electrons. The van der Waals surface area contributed by atoms with Crippen molar-refractivity contribution in [3.63, 3.8) is 0 Å². The van der Waals surface area contributed by atoms with Gasteiger partial charge in [0.25, 0.3) is 5.91 Å². The van der Waals surface area contributed by atoms with E-state index in [1.165, 1.54) is 0 Å². The summed E-state index contributed by atoms with van der Waals surface area (Å²) >= 11 is 0. The lowest BCUT2D eigenvalue weighted by Crippen LogP contribution is -2.50. The number of amides is 1. The maximum absolute atomic E-state index is 12.4. The molecule has 2 unspecified atom stereocenters. The molecule has 1 amide bonds. The van der Waals surface area contributed by atoms with Gasteiger partial charge >= 0.3 is 0 Å². The molecule has 1 aliphatic rings. The number of hydrogen-bond acceptors (Lipinski definition) is 4. The second kappa shape index (κ2) is 9.43. The Morgan fingerprint density at radius 3 is 2.91 bits per heavy atom. The number of nitrogens with one attached hydrogen (secondary N) is 2. The number of rotatable bonds is 6. The molecule has 23 heavy (non-hydrogen) atoms. The maximum Gasteiger partial charge on any atom is 0.251 e. The van der Waals surface area contributed by atoms with Gasteiger partial charge in [0.05, 0.1) is 7.11 Å². The quantitative estimate of drug-likeness (QED) is 0.781. The van der Waals surface area contributed by atoms with Crippen LogP contribution in [0.2, 0.25) is 0 Å². The number of hydrogen-bond donors (Lipinski definition) is 2. The van der Waals surface area contributed by atoms with E-state index in [9.17, 15) is 4.79 Å². The Hall–Kier alpha value is -1.72. The van der Waals surface area contributed by atoms with Gasteiger partial charge in [0.15, 0.2) is 11.5 Å². The molecule has 0 saturated carbocycles. The molecule has 0 bridgehead atoms. The van der Waals surface area contributed by atoms with Crippen molar-refractivity contribution in [2.24, 2.45) is 5.92 Å². The lowest BCUT2D eigenvalue weighted by Gasteiger charge is -2.30. The molecule has 1 heterocycles. The summed E-state index contributed by atoms with van der Waals surface area (Å²) in [6.45, 7) is 8.00. The maximum atomic E-state index is 12.4. The van der Waals surface area contributed by atoms with Crippen LogP contribution in [0.25, 0.3) is 0 Å². The van der Waals surface area contributed by atoms with Crippen molar-refractivity contribution >= 4 is 18.3 Å². The van der Waals surface area contributed by atoms with Crippen LogP contribution in [0.3, 0.4) is 0 Å². The Bertz CT molecular complexity index is 537. The van der Waals surface area contributed by atoms with Gasteiger partial charge in [-0.2, -0.15) is 0 Å². The molecule has 6 heteroatoms. The summed E-state index contributed by atoms with van der Waals surface area (Å²) in [7, 11) is 1.56. The highest BCUT2D eigenvalue weighted by atomic mass is 35.5. The predicted octanol–water partition coefficient (Wildman–Crippen LogP) is 2.41. The Morgan fingerprint density at radius 1 is 1.48 bits per heavy atom. The van der Waals surface area contributed by atoms with Crippen molar-refractivity contribution in [2.45, 2.75) is 19.4 Å². The number of carbonyl (C=O) groups is 1. The normalized spacial score (nSPS) is 20.1. The second-order valence-corrected chi connectivity index (χ2v) is 5.52. The molecule has 1 saturated heterocycles. The molecule has 0 aliphatic carbocycles. The summed E-state index contributed by atoms with van der Waals surface area (Å²) in [5, 5.41) is 6.39. The molecule has 1 aliphatic heterocycles. The topological polar surface area (TPSA) is 59.6 Å². The van der Waals surface area contributed by atoms with Gasteiger partial charge in [-0.3, -0.25) is 4.79 Å². The highest BCUT2D eigenvalue weighted by Gasteiger charge is 2.23. The average Bonchev–Trinajstić information content (AvgIpc) is 2.54. The highest BCUT2D eigenvalue weighted by molar-refractivity contribution is 5.95. The van der Waals surface area contributed by atoms with Crippen molar-refractivity contribution in [1.29, 1.82) is 0 Å². The first-order chi connectivity index (χ1) is 10.7. The number of carbonyl (C=O) groups excluding carboxylic acids is 1. The van der Waals surface area contributed by atoms with Gasteiger partial charge in [0, 0.05) is 18.2 Å². The monoisotopic (exact) mass is 340 g/mol. The van der Waals surface area contributed by atoms with Crippen molar-refractivity contribution in [3.05, 3.63) is 36.4 Å². The third-order valence-corrected chi connectivity index (χ3v) is 3.93. The van der Waals surface area contributed by atoms with Gasteiger partial charge in [-0.15, -0.1) is 12.4 Å². The zero-order valence-corrected chi connectivity index (χ0v) is 14.4. The van der Waals surface area contributed by atoms with Gasteiger partial charge in [0.1, 0.15) is 6.61 Å². The van der Waals surface area contributed by atoms with Crippen LogP contribution in [0.1, 0.15) is 23.7 Å². The van der Waals surface area contributed by atoms with Gasteiger partial charge in [-0.25, -0.2) is 0 Å². The average molecular weight is 341 g/mol. The third-order valence-electron chi connectivity index (χ3n) is 3.93. The molecular weight excluding hydrogens is 316 g/mol. The van der Waals surface area contributed by atoms with Gasteiger partial charge in [-0.1, -0.05) is 19.6 Å². The largest absolute Gasteiger partial charge is 0.493 e. The summed E-state index contributed by atoms with van der Waals surface area (Å²) in [5.74, 6) is 1.53. The van der Waals surface area contributed by atoms with E-state index in [4.69, 9.17) is 9.47 Å². The van der Waals surface area contributed by atoms with Crippen LogP contribution in [0.4, 0.5) is 0 Å². The first-order valence-corrected chi connectivity index (χ1v) is 7.59. The minimum absolute atomic E-state index is 0. The van der Waals surface area contributed by atoms with Gasteiger partial charge in [0.2, 0.25) is 0 Å². The van der Waals surface area contributed by atoms with Crippen LogP contribution < -0.4 is 20.1 Å². The first kappa shape index (κ1) is 19.3. The van der Waals surface area contributed by atoms with Crippen molar-refractivity contribution < 1.29 is 14.3 Å². The van der Waals surface area contributed by atoms with Crippen LogP contribution in [0, 0.1) is 5.92 Å². The number of halogens is 1. The molecule has 1 aromatic carbocycles. The summed E-state index contributed by atoms with van der Waals surface area (Å²) in [6, 6.07) is 5.36. The van der Waals surface area contributed by atoms with E-state index in [2.05, 4.69) is 24.1 Å². The molecule has 2 N–H and O–H groups in total. The number of ether oxygens (including phenoxy) is 2. The molecule has 128 valence electrons. The summed E-state index contributed by atoms with van der Waals surface area (Å²) in [5.41, 5.74) is 0.570. The minimum atomic E-state index is -0.0888. The number of methoxy groups -OCH3 is 1. The molecule has 0 aromatic heterocycles. The minimum Gasteiger partial charge on any atom is -0.493 e. The van der Waals surface area contributed by atoms with Crippen LogP contribution in [0.15, 0.2) is 30.9 Å². The molecule has 0 spiro atoms. The van der Waals surface area contributed by atoms with Crippen LogP contribution in [0.5, 0.6) is 11.5 Å². The SMILES string of the molecule is C=CCOc1ccc(C(=O)NC2CNCCC2C)cc1OC.Cl. The summed E-state index contributed by atoms with van der Waals surface area (Å²) in [6.07, 6.45) is 2.74. The lowest BCUT2D eigenvalue weighted by atomic mass is 9.94. The zero-order chi connectivity index (χ0) is 15.9. The predicted molar refractivity (Wildman–Crippen MR) is 93.8 cm³/mol. The Balaban J connectivity index is 0.00000264. The van der Waals surface area contributed by atoms with E-state index in [-0.39, 0.29) is 24.4 Å². The Morgan fingerprint density at radius 2 is 2.26 bits per heavy atom. The van der Waals surface area contributed by atoms with Gasteiger partial charge in [-0.05, 0) is 37.1 Å². The van der Waals surface area contributed by atoms with Crippen molar-refractivity contribution in [2.75, 3.05) is 26.8 Å². The highest BCUT2D eigenvalue weighted by Crippen LogP contribution is 2.28. The number of benzene rings is 1. The molecule has 1 aromatic rings. The van der Waals surface area contributed by atoms with Crippen molar-refractivity contribution in [1.82, 2.24) is 10.6 Å². The van der Waals surface area contributed by atoms with Crippen LogP contribution in [-0.2, 0) is 0 Å². The van der Waals surface area contributed by atoms with E-state index in [0.29, 0.717) is 29.6 Å². The van der Waals surface area contributed by atoms with E-state index in [0.717, 1.165) is 19.5 Å². The molecule has 2 atom stereocenters. The lowest BCUT2D eigenvalue weighted by molar-refractivity contribution is 0.0915. The van der Waals surface area contributed by atoms with Crippen molar-refractivity contribution in [3.8, 4) is 11.5 Å². The third kappa shape index (κ3) is 5.15. The molecular formula is C17H25ClN2O3. The Labute approximate surface area is 143 Å². The van der Waals surface area contributed by atoms with E-state index in [1.807, 2.05) is 0 Å². The second-order valence-electron chi connectivity index (χ2n) is 5.52. The van der Waals surface area contributed by atoms with Gasteiger partial charge < -0.3 is 20.1 Å². The first-order valence-electron chi connectivity index (χ1n) is 7.59. The fraction of sp³-hybridized carbons (Fsp3) is 0.471. The fourth-order valence-corrected chi connectivity index (χ4v) is 2.51. The summed E-state index contributed by atoms with van der Waals surface area (Å²) in [4.78, 5) is 12.4. The Kier molecular flexibility index (Phi) is 7.92. The molecule has 2 rings (SSSR count). The summed E-state index contributed by atoms with van der Waals surface area (Å²) < 4.78 is 10.8. The van der Waals surface area contributed by atoms with E-state index < -0.39 is 0 Å². The van der Waals surface area contributed by atoms with E-state index in [1.54, 1.807) is 31.4 Å². The molecule has 5 nitrogen and oxygen atoms in total. The molecule has 1 fully saturated rings. The van der Waals surface area contributed by atoms with Crippen LogP contribution >= 0.6 is 12.4 Å². The van der Waals surface area contributed by atoms with Crippen LogP contribution in [-0.4, -0.2) is 38.8 Å².